The van der Waals surface area contributed by atoms with E-state index in [4.69, 9.17) is 0 Å². The first-order valence-electron chi connectivity index (χ1n) is 7.34. The van der Waals surface area contributed by atoms with Crippen LogP contribution in [0.3, 0.4) is 0 Å². The second-order valence-electron chi connectivity index (χ2n) is 5.94. The third-order valence-electron chi connectivity index (χ3n) is 4.39. The largest absolute Gasteiger partial charge is 0.355 e. The van der Waals surface area contributed by atoms with Crippen LogP contribution in [-0.4, -0.2) is 62.6 Å². The molecular weight excluding hydrogens is 224 g/mol. The Morgan fingerprint density at radius 3 is 2.61 bits per heavy atom. The fourth-order valence-corrected chi connectivity index (χ4v) is 3.21. The molecule has 1 heterocycles. The summed E-state index contributed by atoms with van der Waals surface area (Å²) >= 11 is 0. The molecule has 1 atom stereocenters. The van der Waals surface area contributed by atoms with Gasteiger partial charge in [-0.1, -0.05) is 19.3 Å². The highest BCUT2D eigenvalue weighted by Gasteiger charge is 2.26. The number of aliphatic imine (C=N–C) groups is 1. The van der Waals surface area contributed by atoms with Crippen LogP contribution < -0.4 is 5.32 Å². The van der Waals surface area contributed by atoms with E-state index in [-0.39, 0.29) is 0 Å². The molecule has 2 aliphatic rings. The van der Waals surface area contributed by atoms with Crippen molar-refractivity contribution < 1.29 is 0 Å². The molecule has 1 aliphatic carbocycles. The van der Waals surface area contributed by atoms with E-state index in [1.54, 1.807) is 0 Å². The maximum Gasteiger partial charge on any atom is 0.193 e. The molecular formula is C14H28N4. The number of nitrogens with one attached hydrogen (secondary N) is 1. The topological polar surface area (TPSA) is 30.9 Å². The zero-order valence-corrected chi connectivity index (χ0v) is 12.2. The first-order valence-corrected chi connectivity index (χ1v) is 7.34. The van der Waals surface area contributed by atoms with Crippen LogP contribution in [0.1, 0.15) is 32.1 Å². The van der Waals surface area contributed by atoms with Gasteiger partial charge in [-0.2, -0.15) is 0 Å². The van der Waals surface area contributed by atoms with Gasteiger partial charge >= 0.3 is 0 Å². The number of hydrogen-bond donors (Lipinski definition) is 1. The van der Waals surface area contributed by atoms with E-state index in [0.29, 0.717) is 6.04 Å². The van der Waals surface area contributed by atoms with Gasteiger partial charge in [0, 0.05) is 26.2 Å². The molecule has 4 heteroatoms. The molecule has 2 rings (SSSR count). The molecule has 0 radical (unpaired) electrons. The summed E-state index contributed by atoms with van der Waals surface area (Å²) in [6.45, 7) is 3.02. The van der Waals surface area contributed by atoms with Crippen LogP contribution in [-0.2, 0) is 0 Å². The summed E-state index contributed by atoms with van der Waals surface area (Å²) in [5, 5.41) is 3.54. The zero-order valence-electron chi connectivity index (χ0n) is 12.2. The second-order valence-corrected chi connectivity index (χ2v) is 5.94. The maximum atomic E-state index is 4.51. The molecule has 4 nitrogen and oxygen atoms in total. The Hall–Kier alpha value is -0.770. The summed E-state index contributed by atoms with van der Waals surface area (Å²) in [7, 11) is 6.53. The molecule has 1 N–H and O–H groups in total. The van der Waals surface area contributed by atoms with Gasteiger partial charge in [-0.3, -0.25) is 4.99 Å². The highest BCUT2D eigenvalue weighted by Crippen LogP contribution is 2.28. The summed E-state index contributed by atoms with van der Waals surface area (Å²) in [5.41, 5.74) is 0. The Balaban J connectivity index is 1.85. The van der Waals surface area contributed by atoms with Gasteiger partial charge in [-0.15, -0.1) is 0 Å². The van der Waals surface area contributed by atoms with E-state index >= 15 is 0 Å². The fraction of sp³-hybridized carbons (Fsp3) is 0.929. The molecule has 1 aliphatic heterocycles. The second kappa shape index (κ2) is 6.41. The highest BCUT2D eigenvalue weighted by molar-refractivity contribution is 5.81. The van der Waals surface area contributed by atoms with Gasteiger partial charge in [0.15, 0.2) is 5.96 Å². The molecule has 18 heavy (non-hydrogen) atoms. The van der Waals surface area contributed by atoms with Gasteiger partial charge in [-0.25, -0.2) is 0 Å². The summed E-state index contributed by atoms with van der Waals surface area (Å²) in [4.78, 5) is 9.11. The molecule has 0 amide bonds. The normalized spacial score (nSPS) is 23.3. The van der Waals surface area contributed by atoms with Crippen molar-refractivity contribution in [3.63, 3.8) is 0 Å². The lowest BCUT2D eigenvalue weighted by molar-refractivity contribution is 0.170. The first-order chi connectivity index (χ1) is 8.68. The SMILES string of the molecule is CN1CCN=C1NCC(C1CCCCC1)N(C)C. The van der Waals surface area contributed by atoms with E-state index in [0.717, 1.165) is 31.5 Å². The Bertz CT molecular complexity index is 282. The van der Waals surface area contributed by atoms with Crippen molar-refractivity contribution >= 4 is 5.96 Å². The van der Waals surface area contributed by atoms with Crippen LogP contribution in [0.5, 0.6) is 0 Å². The lowest BCUT2D eigenvalue weighted by Gasteiger charge is -2.35. The van der Waals surface area contributed by atoms with E-state index in [2.05, 4.69) is 41.3 Å². The molecule has 0 saturated heterocycles. The predicted molar refractivity (Wildman–Crippen MR) is 77.0 cm³/mol. The van der Waals surface area contributed by atoms with Crippen molar-refractivity contribution in [2.45, 2.75) is 38.1 Å². The first kappa shape index (κ1) is 13.7. The van der Waals surface area contributed by atoms with Crippen molar-refractivity contribution in [3.8, 4) is 0 Å². The van der Waals surface area contributed by atoms with Gasteiger partial charge < -0.3 is 15.1 Å². The summed E-state index contributed by atoms with van der Waals surface area (Å²) < 4.78 is 0. The fourth-order valence-electron chi connectivity index (χ4n) is 3.21. The van der Waals surface area contributed by atoms with Crippen LogP contribution >= 0.6 is 0 Å². The molecule has 1 fully saturated rings. The van der Waals surface area contributed by atoms with Crippen molar-refractivity contribution in [1.29, 1.82) is 0 Å². The van der Waals surface area contributed by atoms with Gasteiger partial charge in [0.1, 0.15) is 0 Å². The molecule has 0 bridgehead atoms. The van der Waals surface area contributed by atoms with E-state index in [1.807, 2.05) is 0 Å². The summed E-state index contributed by atoms with van der Waals surface area (Å²) in [6, 6.07) is 0.641. The lowest BCUT2D eigenvalue weighted by atomic mass is 9.83. The van der Waals surface area contributed by atoms with Crippen LogP contribution in [0, 0.1) is 5.92 Å². The molecule has 0 aromatic rings. The van der Waals surface area contributed by atoms with Crippen LogP contribution in [0.15, 0.2) is 4.99 Å². The minimum absolute atomic E-state index is 0.641. The van der Waals surface area contributed by atoms with Gasteiger partial charge in [-0.05, 0) is 32.9 Å². The Kier molecular flexibility index (Phi) is 4.87. The smallest absolute Gasteiger partial charge is 0.193 e. The molecule has 0 aromatic heterocycles. The number of guanidine groups is 1. The van der Waals surface area contributed by atoms with Crippen LogP contribution in [0.4, 0.5) is 0 Å². The van der Waals surface area contributed by atoms with E-state index in [1.165, 1.54) is 32.1 Å². The minimum atomic E-state index is 0.641. The average Bonchev–Trinajstić information content (AvgIpc) is 2.76. The van der Waals surface area contributed by atoms with Crippen LogP contribution in [0.2, 0.25) is 0 Å². The van der Waals surface area contributed by atoms with Crippen molar-refractivity contribution in [3.05, 3.63) is 0 Å². The Morgan fingerprint density at radius 1 is 1.33 bits per heavy atom. The number of hydrogen-bond acceptors (Lipinski definition) is 4. The van der Waals surface area contributed by atoms with Crippen molar-refractivity contribution in [2.75, 3.05) is 40.8 Å². The molecule has 104 valence electrons. The standard InChI is InChI=1S/C14H28N4/c1-17(2)13(12-7-5-4-6-8-12)11-16-14-15-9-10-18(14)3/h12-13H,4-11H2,1-3H3,(H,15,16). The average molecular weight is 252 g/mol. The van der Waals surface area contributed by atoms with Crippen molar-refractivity contribution in [1.82, 2.24) is 15.1 Å². The molecule has 1 saturated carbocycles. The third-order valence-corrected chi connectivity index (χ3v) is 4.39. The Labute approximate surface area is 111 Å². The van der Waals surface area contributed by atoms with E-state index in [9.17, 15) is 0 Å². The maximum absolute atomic E-state index is 4.51. The monoisotopic (exact) mass is 252 g/mol. The summed E-state index contributed by atoms with van der Waals surface area (Å²) in [5.74, 6) is 1.94. The molecule has 0 aromatic carbocycles. The van der Waals surface area contributed by atoms with Gasteiger partial charge in [0.05, 0.1) is 6.54 Å². The van der Waals surface area contributed by atoms with Gasteiger partial charge in [0.25, 0.3) is 0 Å². The number of nitrogens with zero attached hydrogens (tertiary/aromatic N) is 3. The number of likely N-dealkylation sites (N-methyl/N-ethyl adjacent to an activating group) is 2. The highest BCUT2D eigenvalue weighted by atomic mass is 15.3. The Morgan fingerprint density at radius 2 is 2.06 bits per heavy atom. The quantitative estimate of drug-likeness (QED) is 0.820. The molecule has 1 unspecified atom stereocenters. The van der Waals surface area contributed by atoms with Crippen LogP contribution in [0.25, 0.3) is 0 Å². The minimum Gasteiger partial charge on any atom is -0.355 e. The third kappa shape index (κ3) is 3.37. The number of rotatable bonds is 4. The summed E-state index contributed by atoms with van der Waals surface area (Å²) in [6.07, 6.45) is 7.05. The molecule has 0 spiro atoms. The predicted octanol–water partition coefficient (Wildman–Crippen LogP) is 1.39. The lowest BCUT2D eigenvalue weighted by Crippen LogP contribution is -2.47. The van der Waals surface area contributed by atoms with E-state index < -0.39 is 0 Å². The van der Waals surface area contributed by atoms with Gasteiger partial charge in [0.2, 0.25) is 0 Å². The van der Waals surface area contributed by atoms with Crippen molar-refractivity contribution in [2.24, 2.45) is 10.9 Å². The zero-order chi connectivity index (χ0) is 13.0.